The van der Waals surface area contributed by atoms with Crippen LogP contribution in [0.5, 0.6) is 5.75 Å². The van der Waals surface area contributed by atoms with Gasteiger partial charge < -0.3 is 15.6 Å². The highest BCUT2D eigenvalue weighted by Gasteiger charge is 2.31. The first-order chi connectivity index (χ1) is 13.5. The summed E-state index contributed by atoms with van der Waals surface area (Å²) in [6, 6.07) is 14.6. The van der Waals surface area contributed by atoms with E-state index in [-0.39, 0.29) is 12.4 Å². The zero-order valence-electron chi connectivity index (χ0n) is 14.6. The molecule has 1 aliphatic rings. The van der Waals surface area contributed by atoms with Crippen molar-refractivity contribution >= 4 is 11.9 Å². The highest BCUT2D eigenvalue weighted by Crippen LogP contribution is 2.34. The predicted octanol–water partition coefficient (Wildman–Crippen LogP) is 2.68. The van der Waals surface area contributed by atoms with Crippen molar-refractivity contribution in [3.8, 4) is 5.75 Å². The molecule has 4 nitrogen and oxygen atoms in total. The van der Waals surface area contributed by atoms with Crippen LogP contribution in [0.25, 0.3) is 11.9 Å². The predicted molar refractivity (Wildman–Crippen MR) is 99.0 cm³/mol. The molecule has 0 radical (unpaired) electrons. The molecule has 0 spiro atoms. The van der Waals surface area contributed by atoms with Crippen LogP contribution in [0.2, 0.25) is 0 Å². The van der Waals surface area contributed by atoms with E-state index in [0.717, 1.165) is 28.1 Å². The molecular weight excluding hydrogens is 367 g/mol. The third-order valence-corrected chi connectivity index (χ3v) is 4.36. The third kappa shape index (κ3) is 3.64. The number of alkyl halides is 3. The van der Waals surface area contributed by atoms with Crippen LogP contribution in [-0.4, -0.2) is 4.98 Å². The number of benzene rings is 2. The van der Waals surface area contributed by atoms with Gasteiger partial charge in [-0.3, -0.25) is 4.98 Å². The van der Waals surface area contributed by atoms with Gasteiger partial charge in [-0.1, -0.05) is 30.3 Å². The lowest BCUT2D eigenvalue weighted by Gasteiger charge is -2.20. The summed E-state index contributed by atoms with van der Waals surface area (Å²) < 4.78 is 45.5. The molecule has 142 valence electrons. The van der Waals surface area contributed by atoms with E-state index in [2.05, 4.69) is 15.8 Å². The Kier molecular flexibility index (Phi) is 4.65. The van der Waals surface area contributed by atoms with Crippen LogP contribution in [-0.2, 0) is 12.8 Å². The summed E-state index contributed by atoms with van der Waals surface area (Å²) in [5.74, 6) is 0.146. The molecule has 0 saturated heterocycles. The molecule has 4 rings (SSSR count). The fourth-order valence-corrected chi connectivity index (χ4v) is 2.98. The van der Waals surface area contributed by atoms with Crippen molar-refractivity contribution in [1.82, 2.24) is 15.8 Å². The molecule has 0 saturated carbocycles. The van der Waals surface area contributed by atoms with Crippen LogP contribution < -0.4 is 26.0 Å². The lowest BCUT2D eigenvalue weighted by Crippen LogP contribution is -2.43. The van der Waals surface area contributed by atoms with Gasteiger partial charge in [0.05, 0.1) is 11.3 Å². The van der Waals surface area contributed by atoms with Gasteiger partial charge in [0.25, 0.3) is 0 Å². The van der Waals surface area contributed by atoms with Crippen LogP contribution in [0.3, 0.4) is 0 Å². The second-order valence-electron chi connectivity index (χ2n) is 6.23. The zero-order chi connectivity index (χ0) is 19.6. The minimum Gasteiger partial charge on any atom is -0.488 e. The number of pyridine rings is 1. The van der Waals surface area contributed by atoms with Crippen molar-refractivity contribution in [2.75, 3.05) is 0 Å². The maximum atomic E-state index is 13.2. The lowest BCUT2D eigenvalue weighted by atomic mass is 10.0. The first-order valence-corrected chi connectivity index (χ1v) is 8.57. The highest BCUT2D eigenvalue weighted by atomic mass is 19.4. The molecule has 0 unspecified atom stereocenters. The summed E-state index contributed by atoms with van der Waals surface area (Å²) in [5, 5.41) is 1.64. The first kappa shape index (κ1) is 17.9. The van der Waals surface area contributed by atoms with Gasteiger partial charge in [-0.05, 0) is 29.8 Å². The van der Waals surface area contributed by atoms with E-state index in [1.807, 2.05) is 30.3 Å². The van der Waals surface area contributed by atoms with Gasteiger partial charge in [0.2, 0.25) is 0 Å². The Hall–Kier alpha value is -3.48. The minimum absolute atomic E-state index is 0.146. The van der Waals surface area contributed by atoms with Gasteiger partial charge in [-0.25, -0.2) is 0 Å². The zero-order valence-corrected chi connectivity index (χ0v) is 14.6. The molecule has 2 aromatic carbocycles. The normalized spacial score (nSPS) is 13.0. The van der Waals surface area contributed by atoms with Crippen molar-refractivity contribution in [2.45, 2.75) is 12.8 Å². The van der Waals surface area contributed by atoms with E-state index in [1.165, 1.54) is 6.07 Å². The standard InChI is InChI=1S/C21H16F3N3O/c22-21(23,24)16-6-7-18(19(10-16)28-13-14-4-2-1-3-5-14)20-17-8-9-25-11-15(17)12-26-27-20/h1-12,26-27H,13H2. The van der Waals surface area contributed by atoms with E-state index in [9.17, 15) is 13.2 Å². The highest BCUT2D eigenvalue weighted by molar-refractivity contribution is 5.70. The van der Waals surface area contributed by atoms with Crippen LogP contribution in [0.15, 0.2) is 67.0 Å². The van der Waals surface area contributed by atoms with Crippen molar-refractivity contribution < 1.29 is 17.9 Å². The summed E-state index contributed by atoms with van der Waals surface area (Å²) in [7, 11) is 0. The molecule has 1 aromatic heterocycles. The number of fused-ring (bicyclic) bond motifs is 1. The number of halogens is 3. The molecule has 0 amide bonds. The average Bonchev–Trinajstić information content (AvgIpc) is 2.72. The van der Waals surface area contributed by atoms with Crippen molar-refractivity contribution in [3.05, 3.63) is 94.1 Å². The molecule has 7 heteroatoms. The maximum absolute atomic E-state index is 13.2. The van der Waals surface area contributed by atoms with Crippen LogP contribution in [0, 0.1) is 0 Å². The van der Waals surface area contributed by atoms with Gasteiger partial charge in [0.15, 0.2) is 0 Å². The largest absolute Gasteiger partial charge is 0.488 e. The molecule has 0 aliphatic carbocycles. The van der Waals surface area contributed by atoms with E-state index in [4.69, 9.17) is 4.74 Å². The Bertz CT molecular complexity index is 1110. The molecule has 1 aliphatic heterocycles. The molecule has 2 N–H and O–H groups in total. The Balaban J connectivity index is 1.82. The monoisotopic (exact) mass is 383 g/mol. The Morgan fingerprint density at radius 2 is 1.82 bits per heavy atom. The summed E-state index contributed by atoms with van der Waals surface area (Å²) in [4.78, 5) is 4.08. The van der Waals surface area contributed by atoms with E-state index >= 15 is 0 Å². The molecular formula is C21H16F3N3O. The van der Waals surface area contributed by atoms with Crippen molar-refractivity contribution in [2.24, 2.45) is 0 Å². The number of hydrogen-bond acceptors (Lipinski definition) is 4. The number of nitrogens with zero attached hydrogens (tertiary/aromatic N) is 1. The smallest absolute Gasteiger partial charge is 0.416 e. The fourth-order valence-electron chi connectivity index (χ4n) is 2.98. The van der Waals surface area contributed by atoms with Gasteiger partial charge in [0.1, 0.15) is 12.4 Å². The first-order valence-electron chi connectivity index (χ1n) is 8.57. The molecule has 0 bridgehead atoms. The summed E-state index contributed by atoms with van der Waals surface area (Å²) >= 11 is 0. The minimum atomic E-state index is -4.46. The fraction of sp³-hybridized carbons (Fsp3) is 0.0952. The summed E-state index contributed by atoms with van der Waals surface area (Å²) in [6.07, 6.45) is 0.592. The molecule has 2 heterocycles. The van der Waals surface area contributed by atoms with Crippen LogP contribution in [0.1, 0.15) is 16.7 Å². The van der Waals surface area contributed by atoms with E-state index < -0.39 is 11.7 Å². The van der Waals surface area contributed by atoms with Crippen LogP contribution in [0.4, 0.5) is 13.2 Å². The third-order valence-electron chi connectivity index (χ3n) is 4.36. The second-order valence-corrected chi connectivity index (χ2v) is 6.23. The average molecular weight is 383 g/mol. The Labute approximate surface area is 159 Å². The van der Waals surface area contributed by atoms with Crippen molar-refractivity contribution in [3.63, 3.8) is 0 Å². The number of nitrogens with one attached hydrogen (secondary N) is 2. The van der Waals surface area contributed by atoms with E-state index in [1.54, 1.807) is 24.7 Å². The molecule has 0 atom stereocenters. The number of ether oxygens (including phenoxy) is 1. The van der Waals surface area contributed by atoms with Gasteiger partial charge in [0, 0.05) is 34.6 Å². The molecule has 28 heavy (non-hydrogen) atoms. The van der Waals surface area contributed by atoms with Gasteiger partial charge in [-0.15, -0.1) is 0 Å². The topological polar surface area (TPSA) is 46.2 Å². The lowest BCUT2D eigenvalue weighted by molar-refractivity contribution is -0.137. The Morgan fingerprint density at radius 1 is 1.00 bits per heavy atom. The maximum Gasteiger partial charge on any atom is 0.416 e. The summed E-state index contributed by atoms with van der Waals surface area (Å²) in [6.45, 7) is 0.158. The number of hydrazine groups is 1. The van der Waals surface area contributed by atoms with Gasteiger partial charge >= 0.3 is 6.18 Å². The summed E-state index contributed by atoms with van der Waals surface area (Å²) in [5.41, 5.74) is 7.17. The quantitative estimate of drug-likeness (QED) is 0.727. The Morgan fingerprint density at radius 3 is 2.61 bits per heavy atom. The van der Waals surface area contributed by atoms with E-state index in [0.29, 0.717) is 11.3 Å². The number of rotatable bonds is 4. The van der Waals surface area contributed by atoms with Gasteiger partial charge in [-0.2, -0.15) is 13.2 Å². The molecule has 3 aromatic rings. The van der Waals surface area contributed by atoms with Crippen LogP contribution >= 0.6 is 0 Å². The second kappa shape index (κ2) is 7.26. The SMILES string of the molecule is FC(F)(F)c1ccc(C2=c3ccncc3=CNN2)c(OCc2ccccc2)c1. The van der Waals surface area contributed by atoms with Crippen molar-refractivity contribution in [1.29, 1.82) is 0 Å². The number of aromatic nitrogens is 1. The molecule has 0 fully saturated rings. The number of hydrogen-bond donors (Lipinski definition) is 2.